The van der Waals surface area contributed by atoms with E-state index in [0.29, 0.717) is 11.9 Å². The molecule has 4 heteroatoms. The summed E-state index contributed by atoms with van der Waals surface area (Å²) in [6.07, 6.45) is 4.04. The second kappa shape index (κ2) is 4.98. The predicted molar refractivity (Wildman–Crippen MR) is 60.3 cm³/mol. The van der Waals surface area contributed by atoms with Gasteiger partial charge in [0.1, 0.15) is 0 Å². The van der Waals surface area contributed by atoms with Gasteiger partial charge < -0.3 is 15.4 Å². The van der Waals surface area contributed by atoms with Crippen LogP contribution in [-0.2, 0) is 0 Å². The van der Waals surface area contributed by atoms with Gasteiger partial charge in [-0.15, -0.1) is 0 Å². The van der Waals surface area contributed by atoms with Crippen molar-refractivity contribution in [3.05, 3.63) is 18.3 Å². The van der Waals surface area contributed by atoms with E-state index in [9.17, 15) is 0 Å². The van der Waals surface area contributed by atoms with E-state index in [0.717, 1.165) is 31.6 Å². The number of methoxy groups -OCH3 is 1. The molecule has 0 unspecified atom stereocenters. The third-order valence-corrected chi connectivity index (χ3v) is 2.66. The number of hydrogen-bond donors (Lipinski definition) is 2. The molecule has 1 saturated heterocycles. The molecule has 0 bridgehead atoms. The summed E-state index contributed by atoms with van der Waals surface area (Å²) in [4.78, 5) is 4.16. The monoisotopic (exact) mass is 207 g/mol. The van der Waals surface area contributed by atoms with Gasteiger partial charge in [0.05, 0.1) is 12.8 Å². The smallest absolute Gasteiger partial charge is 0.237 e. The van der Waals surface area contributed by atoms with Crippen molar-refractivity contribution in [2.45, 2.75) is 18.9 Å². The number of pyridine rings is 1. The van der Waals surface area contributed by atoms with Crippen molar-refractivity contribution in [1.82, 2.24) is 10.3 Å². The summed E-state index contributed by atoms with van der Waals surface area (Å²) in [7, 11) is 1.65. The molecule has 2 heterocycles. The van der Waals surface area contributed by atoms with Crippen molar-refractivity contribution in [3.63, 3.8) is 0 Å². The molecule has 1 aromatic rings. The SMILES string of the molecule is COc1ncccc1NC1CCNCC1. The van der Waals surface area contributed by atoms with E-state index in [-0.39, 0.29) is 0 Å². The molecule has 1 aliphatic rings. The normalized spacial score (nSPS) is 17.4. The van der Waals surface area contributed by atoms with Crippen LogP contribution in [0.2, 0.25) is 0 Å². The molecule has 2 N–H and O–H groups in total. The Hall–Kier alpha value is -1.29. The Bertz CT molecular complexity index is 310. The lowest BCUT2D eigenvalue weighted by atomic mass is 10.1. The highest BCUT2D eigenvalue weighted by Crippen LogP contribution is 2.22. The number of hydrogen-bond acceptors (Lipinski definition) is 4. The summed E-state index contributed by atoms with van der Waals surface area (Å²) in [5.41, 5.74) is 0.993. The van der Waals surface area contributed by atoms with E-state index in [1.54, 1.807) is 13.3 Å². The van der Waals surface area contributed by atoms with Gasteiger partial charge in [-0.05, 0) is 38.1 Å². The molecule has 0 saturated carbocycles. The Morgan fingerprint density at radius 1 is 1.47 bits per heavy atom. The molecule has 4 nitrogen and oxygen atoms in total. The minimum atomic E-state index is 0.532. The molecule has 1 aromatic heterocycles. The molecule has 0 spiro atoms. The fourth-order valence-corrected chi connectivity index (χ4v) is 1.85. The standard InChI is InChI=1S/C11H17N3O/c1-15-11-10(3-2-6-13-11)14-9-4-7-12-8-5-9/h2-3,6,9,12,14H,4-5,7-8H2,1H3. The molecule has 0 radical (unpaired) electrons. The van der Waals surface area contributed by atoms with Crippen molar-refractivity contribution in [1.29, 1.82) is 0 Å². The topological polar surface area (TPSA) is 46.2 Å². The van der Waals surface area contributed by atoms with Crippen LogP contribution in [0.4, 0.5) is 5.69 Å². The zero-order chi connectivity index (χ0) is 10.5. The Morgan fingerprint density at radius 3 is 3.00 bits per heavy atom. The number of piperidine rings is 1. The number of rotatable bonds is 3. The lowest BCUT2D eigenvalue weighted by Gasteiger charge is -2.25. The molecule has 82 valence electrons. The number of anilines is 1. The predicted octanol–water partition coefficient (Wildman–Crippen LogP) is 1.25. The van der Waals surface area contributed by atoms with Crippen LogP contribution in [0.25, 0.3) is 0 Å². The average molecular weight is 207 g/mol. The van der Waals surface area contributed by atoms with Crippen LogP contribution in [0.15, 0.2) is 18.3 Å². The maximum Gasteiger partial charge on any atom is 0.237 e. The lowest BCUT2D eigenvalue weighted by Crippen LogP contribution is -2.35. The number of aromatic nitrogens is 1. The molecule has 1 aliphatic heterocycles. The van der Waals surface area contributed by atoms with Crippen molar-refractivity contribution in [2.24, 2.45) is 0 Å². The highest BCUT2D eigenvalue weighted by Gasteiger charge is 2.14. The van der Waals surface area contributed by atoms with Gasteiger partial charge in [-0.25, -0.2) is 4.98 Å². The molecular weight excluding hydrogens is 190 g/mol. The lowest BCUT2D eigenvalue weighted by molar-refractivity contribution is 0.397. The third-order valence-electron chi connectivity index (χ3n) is 2.66. The van der Waals surface area contributed by atoms with Crippen molar-refractivity contribution >= 4 is 5.69 Å². The van der Waals surface area contributed by atoms with Gasteiger partial charge in [0.25, 0.3) is 0 Å². The third kappa shape index (κ3) is 2.59. The van der Waals surface area contributed by atoms with Crippen LogP contribution < -0.4 is 15.4 Å². The molecule has 1 fully saturated rings. The number of nitrogens with one attached hydrogen (secondary N) is 2. The summed E-state index contributed by atoms with van der Waals surface area (Å²) in [6, 6.07) is 4.46. The molecule has 0 aromatic carbocycles. The maximum absolute atomic E-state index is 5.20. The van der Waals surface area contributed by atoms with E-state index >= 15 is 0 Å². The summed E-state index contributed by atoms with van der Waals surface area (Å²) in [6.45, 7) is 2.17. The summed E-state index contributed by atoms with van der Waals surface area (Å²) in [5.74, 6) is 0.677. The van der Waals surface area contributed by atoms with Crippen molar-refractivity contribution in [2.75, 3.05) is 25.5 Å². The molecule has 15 heavy (non-hydrogen) atoms. The van der Waals surface area contributed by atoms with Gasteiger partial charge in [0, 0.05) is 12.2 Å². The van der Waals surface area contributed by atoms with Crippen molar-refractivity contribution in [3.8, 4) is 5.88 Å². The number of nitrogens with zero attached hydrogens (tertiary/aromatic N) is 1. The minimum absolute atomic E-state index is 0.532. The van der Waals surface area contributed by atoms with Crippen LogP contribution >= 0.6 is 0 Å². The Balaban J connectivity index is 2.02. The highest BCUT2D eigenvalue weighted by molar-refractivity contribution is 5.52. The largest absolute Gasteiger partial charge is 0.480 e. The van der Waals surface area contributed by atoms with Crippen LogP contribution in [0.3, 0.4) is 0 Å². The molecule has 2 rings (SSSR count). The fraction of sp³-hybridized carbons (Fsp3) is 0.545. The first-order valence-electron chi connectivity index (χ1n) is 5.36. The first kappa shape index (κ1) is 10.2. The van der Waals surface area contributed by atoms with E-state index in [4.69, 9.17) is 4.74 Å². The second-order valence-corrected chi connectivity index (χ2v) is 3.73. The maximum atomic E-state index is 5.20. The first-order chi connectivity index (χ1) is 7.40. The summed E-state index contributed by atoms with van der Waals surface area (Å²) >= 11 is 0. The Morgan fingerprint density at radius 2 is 2.27 bits per heavy atom. The van der Waals surface area contributed by atoms with Gasteiger partial charge in [0.2, 0.25) is 5.88 Å². The van der Waals surface area contributed by atoms with Gasteiger partial charge in [0.15, 0.2) is 0 Å². The van der Waals surface area contributed by atoms with E-state index in [1.807, 2.05) is 12.1 Å². The molecule has 0 amide bonds. The second-order valence-electron chi connectivity index (χ2n) is 3.73. The van der Waals surface area contributed by atoms with E-state index in [2.05, 4.69) is 15.6 Å². The van der Waals surface area contributed by atoms with Crippen molar-refractivity contribution < 1.29 is 4.74 Å². The van der Waals surface area contributed by atoms with Gasteiger partial charge in [-0.1, -0.05) is 0 Å². The van der Waals surface area contributed by atoms with Gasteiger partial charge in [-0.3, -0.25) is 0 Å². The Kier molecular flexibility index (Phi) is 3.40. The zero-order valence-electron chi connectivity index (χ0n) is 8.99. The number of ether oxygens (including phenoxy) is 1. The molecule has 0 atom stereocenters. The first-order valence-corrected chi connectivity index (χ1v) is 5.36. The molecular formula is C11H17N3O. The van der Waals surface area contributed by atoms with E-state index in [1.165, 1.54) is 0 Å². The molecule has 0 aliphatic carbocycles. The minimum Gasteiger partial charge on any atom is -0.480 e. The zero-order valence-corrected chi connectivity index (χ0v) is 8.99. The fourth-order valence-electron chi connectivity index (χ4n) is 1.85. The Labute approximate surface area is 90.0 Å². The van der Waals surface area contributed by atoms with Crippen LogP contribution in [0.1, 0.15) is 12.8 Å². The summed E-state index contributed by atoms with van der Waals surface area (Å²) < 4.78 is 5.20. The summed E-state index contributed by atoms with van der Waals surface area (Å²) in [5, 5.41) is 6.82. The van der Waals surface area contributed by atoms with Gasteiger partial charge in [-0.2, -0.15) is 0 Å². The van der Waals surface area contributed by atoms with Crippen LogP contribution in [0.5, 0.6) is 5.88 Å². The highest BCUT2D eigenvalue weighted by atomic mass is 16.5. The van der Waals surface area contributed by atoms with E-state index < -0.39 is 0 Å². The average Bonchev–Trinajstić information content (AvgIpc) is 2.31. The quantitative estimate of drug-likeness (QED) is 0.783. The van der Waals surface area contributed by atoms with Crippen LogP contribution in [0, 0.1) is 0 Å². The van der Waals surface area contributed by atoms with Crippen LogP contribution in [-0.4, -0.2) is 31.2 Å². The van der Waals surface area contributed by atoms with Gasteiger partial charge >= 0.3 is 0 Å².